The van der Waals surface area contributed by atoms with E-state index in [0.29, 0.717) is 31.1 Å². The van der Waals surface area contributed by atoms with Gasteiger partial charge in [-0.3, -0.25) is 0 Å². The monoisotopic (exact) mass is 361 g/mol. The maximum absolute atomic E-state index is 11.6. The van der Waals surface area contributed by atoms with Crippen molar-refractivity contribution in [1.82, 2.24) is 0 Å². The summed E-state index contributed by atoms with van der Waals surface area (Å²) in [6.45, 7) is 1.04. The largest absolute Gasteiger partial charge is 0.486 e. The van der Waals surface area contributed by atoms with Crippen LogP contribution in [0.25, 0.3) is 0 Å². The molecule has 2 aliphatic heterocycles. The van der Waals surface area contributed by atoms with Crippen LogP contribution in [0.15, 0.2) is 16.6 Å². The highest BCUT2D eigenvalue weighted by molar-refractivity contribution is 9.10. The molecule has 1 aromatic carbocycles. The highest BCUT2D eigenvalue weighted by atomic mass is 79.9. The summed E-state index contributed by atoms with van der Waals surface area (Å²) in [4.78, 5) is 0. The van der Waals surface area contributed by atoms with Gasteiger partial charge in [-0.15, -0.1) is 0 Å². The molecule has 2 heterocycles. The van der Waals surface area contributed by atoms with E-state index in [0.717, 1.165) is 10.0 Å². The predicted octanol–water partition coefficient (Wildman–Crippen LogP) is 1.65. The molecular weight excluding hydrogens is 346 g/mol. The van der Waals surface area contributed by atoms with Gasteiger partial charge in [0.15, 0.2) is 21.3 Å². The Kier molecular flexibility index (Phi) is 3.68. The van der Waals surface area contributed by atoms with Crippen LogP contribution in [-0.2, 0) is 9.84 Å². The molecule has 1 aromatic rings. The minimum Gasteiger partial charge on any atom is -0.486 e. The van der Waals surface area contributed by atoms with Gasteiger partial charge in [0.2, 0.25) is 0 Å². The van der Waals surface area contributed by atoms with E-state index in [4.69, 9.17) is 15.2 Å². The van der Waals surface area contributed by atoms with Crippen molar-refractivity contribution in [3.8, 4) is 11.5 Å². The lowest BCUT2D eigenvalue weighted by atomic mass is 9.93. The van der Waals surface area contributed by atoms with Crippen LogP contribution in [-0.4, -0.2) is 33.1 Å². The second-order valence-electron chi connectivity index (χ2n) is 5.22. The van der Waals surface area contributed by atoms with Crippen molar-refractivity contribution in [2.45, 2.75) is 12.5 Å². The molecule has 1 saturated heterocycles. The standard InChI is InChI=1S/C13H16BrNO4S/c14-10-5-9(6-11-13(10)19-3-2-18-11)12(15)8-1-4-20(16,17)7-8/h5-6,8,12H,1-4,7,15H2. The molecule has 2 unspecified atom stereocenters. The second kappa shape index (κ2) is 5.20. The lowest BCUT2D eigenvalue weighted by molar-refractivity contribution is 0.170. The van der Waals surface area contributed by atoms with E-state index in [-0.39, 0.29) is 23.5 Å². The molecule has 3 rings (SSSR count). The molecule has 1 fully saturated rings. The van der Waals surface area contributed by atoms with Gasteiger partial charge in [0.1, 0.15) is 13.2 Å². The van der Waals surface area contributed by atoms with Gasteiger partial charge in [-0.05, 0) is 46.0 Å². The molecule has 0 aliphatic carbocycles. The van der Waals surface area contributed by atoms with E-state index in [1.807, 2.05) is 12.1 Å². The summed E-state index contributed by atoms with van der Waals surface area (Å²) in [6, 6.07) is 3.44. The summed E-state index contributed by atoms with van der Waals surface area (Å²) in [5.41, 5.74) is 7.12. The van der Waals surface area contributed by atoms with Gasteiger partial charge in [0.25, 0.3) is 0 Å². The van der Waals surface area contributed by atoms with E-state index in [2.05, 4.69) is 15.9 Å². The summed E-state index contributed by atoms with van der Waals surface area (Å²) in [7, 11) is -2.92. The van der Waals surface area contributed by atoms with Gasteiger partial charge in [-0.1, -0.05) is 0 Å². The fourth-order valence-electron chi connectivity index (χ4n) is 2.70. The third-order valence-electron chi connectivity index (χ3n) is 3.78. The number of hydrogen-bond donors (Lipinski definition) is 1. The third-order valence-corrected chi connectivity index (χ3v) is 6.16. The normalized spacial score (nSPS) is 25.4. The molecular formula is C13H16BrNO4S. The molecule has 2 aliphatic rings. The molecule has 0 aromatic heterocycles. The first-order valence-electron chi connectivity index (χ1n) is 6.51. The van der Waals surface area contributed by atoms with Gasteiger partial charge < -0.3 is 15.2 Å². The van der Waals surface area contributed by atoms with E-state index < -0.39 is 9.84 Å². The summed E-state index contributed by atoms with van der Waals surface area (Å²) in [6.07, 6.45) is 0.621. The Hall–Kier alpha value is -0.790. The van der Waals surface area contributed by atoms with Crippen LogP contribution in [0.3, 0.4) is 0 Å². The number of fused-ring (bicyclic) bond motifs is 1. The fourth-order valence-corrected chi connectivity index (χ4v) is 5.13. The molecule has 20 heavy (non-hydrogen) atoms. The van der Waals surface area contributed by atoms with Gasteiger partial charge >= 0.3 is 0 Å². The highest BCUT2D eigenvalue weighted by Gasteiger charge is 2.33. The van der Waals surface area contributed by atoms with Gasteiger partial charge in [0, 0.05) is 6.04 Å². The van der Waals surface area contributed by atoms with Crippen molar-refractivity contribution in [2.24, 2.45) is 11.7 Å². The Morgan fingerprint density at radius 2 is 2.05 bits per heavy atom. The SMILES string of the molecule is NC(c1cc(Br)c2c(c1)OCCO2)C1CCS(=O)(=O)C1. The molecule has 0 radical (unpaired) electrons. The van der Waals surface area contributed by atoms with E-state index in [1.54, 1.807) is 0 Å². The van der Waals surface area contributed by atoms with Crippen LogP contribution in [0.2, 0.25) is 0 Å². The smallest absolute Gasteiger partial charge is 0.175 e. The van der Waals surface area contributed by atoms with Crippen molar-refractivity contribution < 1.29 is 17.9 Å². The molecule has 0 saturated carbocycles. The maximum atomic E-state index is 11.6. The van der Waals surface area contributed by atoms with Crippen LogP contribution in [0.1, 0.15) is 18.0 Å². The first kappa shape index (κ1) is 14.2. The van der Waals surface area contributed by atoms with E-state index in [1.165, 1.54) is 0 Å². The van der Waals surface area contributed by atoms with Crippen molar-refractivity contribution in [2.75, 3.05) is 24.7 Å². The first-order chi connectivity index (χ1) is 9.46. The van der Waals surface area contributed by atoms with Crippen molar-refractivity contribution in [3.05, 3.63) is 22.2 Å². The number of halogens is 1. The fraction of sp³-hybridized carbons (Fsp3) is 0.538. The quantitative estimate of drug-likeness (QED) is 0.866. The molecule has 0 spiro atoms. The summed E-state index contributed by atoms with van der Waals surface area (Å²) >= 11 is 3.45. The maximum Gasteiger partial charge on any atom is 0.175 e. The van der Waals surface area contributed by atoms with Crippen LogP contribution >= 0.6 is 15.9 Å². The van der Waals surface area contributed by atoms with Crippen molar-refractivity contribution in [3.63, 3.8) is 0 Å². The summed E-state index contributed by atoms with van der Waals surface area (Å²) in [5, 5.41) is 0. The molecule has 7 heteroatoms. The van der Waals surface area contributed by atoms with Crippen LogP contribution < -0.4 is 15.2 Å². The number of benzene rings is 1. The van der Waals surface area contributed by atoms with Gasteiger partial charge in [-0.2, -0.15) is 0 Å². The molecule has 2 N–H and O–H groups in total. The lowest BCUT2D eigenvalue weighted by Crippen LogP contribution is -2.23. The van der Waals surface area contributed by atoms with Crippen LogP contribution in [0.4, 0.5) is 0 Å². The zero-order valence-electron chi connectivity index (χ0n) is 10.8. The van der Waals surface area contributed by atoms with Gasteiger partial charge in [0.05, 0.1) is 16.0 Å². The Morgan fingerprint density at radius 1 is 1.30 bits per heavy atom. The predicted molar refractivity (Wildman–Crippen MR) is 78.8 cm³/mol. The van der Waals surface area contributed by atoms with Crippen LogP contribution in [0.5, 0.6) is 11.5 Å². The average Bonchev–Trinajstić information content (AvgIpc) is 2.78. The highest BCUT2D eigenvalue weighted by Crippen LogP contribution is 2.41. The van der Waals surface area contributed by atoms with E-state index >= 15 is 0 Å². The van der Waals surface area contributed by atoms with Crippen molar-refractivity contribution >= 4 is 25.8 Å². The van der Waals surface area contributed by atoms with Crippen molar-refractivity contribution in [1.29, 1.82) is 0 Å². The molecule has 2 atom stereocenters. The number of ether oxygens (including phenoxy) is 2. The lowest BCUT2D eigenvalue weighted by Gasteiger charge is -2.24. The number of nitrogens with two attached hydrogens (primary N) is 1. The van der Waals surface area contributed by atoms with Crippen LogP contribution in [0, 0.1) is 5.92 Å². The average molecular weight is 362 g/mol. The topological polar surface area (TPSA) is 78.6 Å². The second-order valence-corrected chi connectivity index (χ2v) is 8.30. The first-order valence-corrected chi connectivity index (χ1v) is 9.13. The molecule has 5 nitrogen and oxygen atoms in total. The Balaban J connectivity index is 1.89. The summed E-state index contributed by atoms with van der Waals surface area (Å²) in [5.74, 6) is 1.72. The Labute approximate surface area is 126 Å². The van der Waals surface area contributed by atoms with Gasteiger partial charge in [-0.25, -0.2) is 8.42 Å². The molecule has 0 amide bonds. The number of rotatable bonds is 2. The third kappa shape index (κ3) is 2.66. The number of hydrogen-bond acceptors (Lipinski definition) is 5. The molecule has 110 valence electrons. The zero-order chi connectivity index (χ0) is 14.3. The Morgan fingerprint density at radius 3 is 2.75 bits per heavy atom. The number of sulfone groups is 1. The summed E-state index contributed by atoms with van der Waals surface area (Å²) < 4.78 is 35.0. The molecule has 0 bridgehead atoms. The minimum atomic E-state index is -2.92. The zero-order valence-corrected chi connectivity index (χ0v) is 13.2. The minimum absolute atomic E-state index is 0.0329. The Bertz CT molecular complexity index is 632. The van der Waals surface area contributed by atoms with E-state index in [9.17, 15) is 8.42 Å².